The zero-order valence-electron chi connectivity index (χ0n) is 12.4. The standard InChI is InChI=1S/C14H26N2O4/c1-3-4-5-6-15-14(19)11(2)16-7-8-20-12(10-16)9-13(17)18/h11-12H,3-10H2,1-2H3,(H,15,19)(H,17,18). The van der Waals surface area contributed by atoms with E-state index in [4.69, 9.17) is 9.84 Å². The van der Waals surface area contributed by atoms with Crippen molar-refractivity contribution < 1.29 is 19.4 Å². The van der Waals surface area contributed by atoms with Crippen molar-refractivity contribution >= 4 is 11.9 Å². The average molecular weight is 286 g/mol. The first kappa shape index (κ1) is 16.9. The molecule has 1 aliphatic heterocycles. The molecule has 6 nitrogen and oxygen atoms in total. The van der Waals surface area contributed by atoms with Gasteiger partial charge in [-0.2, -0.15) is 0 Å². The number of rotatable bonds is 8. The van der Waals surface area contributed by atoms with Gasteiger partial charge in [-0.05, 0) is 13.3 Å². The van der Waals surface area contributed by atoms with E-state index < -0.39 is 5.97 Å². The third kappa shape index (κ3) is 5.88. The summed E-state index contributed by atoms with van der Waals surface area (Å²) in [5, 5.41) is 11.7. The van der Waals surface area contributed by atoms with Crippen molar-refractivity contribution in [1.82, 2.24) is 10.2 Å². The molecule has 116 valence electrons. The number of hydrogen-bond acceptors (Lipinski definition) is 4. The maximum atomic E-state index is 12.0. The van der Waals surface area contributed by atoms with Crippen molar-refractivity contribution in [2.75, 3.05) is 26.2 Å². The molecule has 2 atom stereocenters. The van der Waals surface area contributed by atoms with Gasteiger partial charge in [-0.1, -0.05) is 19.8 Å². The van der Waals surface area contributed by atoms with Crippen LogP contribution in [0.5, 0.6) is 0 Å². The van der Waals surface area contributed by atoms with Crippen molar-refractivity contribution in [1.29, 1.82) is 0 Å². The fraction of sp³-hybridized carbons (Fsp3) is 0.857. The van der Waals surface area contributed by atoms with Gasteiger partial charge in [0.1, 0.15) is 0 Å². The minimum atomic E-state index is -0.867. The second-order valence-electron chi connectivity index (χ2n) is 5.26. The molecular formula is C14H26N2O4. The summed E-state index contributed by atoms with van der Waals surface area (Å²) in [6, 6.07) is -0.239. The number of carboxylic acids is 1. The number of carboxylic acid groups (broad SMARTS) is 1. The summed E-state index contributed by atoms with van der Waals surface area (Å²) in [5.41, 5.74) is 0. The monoisotopic (exact) mass is 286 g/mol. The maximum Gasteiger partial charge on any atom is 0.306 e. The molecule has 0 saturated carbocycles. The minimum absolute atomic E-state index is 0.0112. The van der Waals surface area contributed by atoms with Crippen LogP contribution in [0.2, 0.25) is 0 Å². The largest absolute Gasteiger partial charge is 0.481 e. The van der Waals surface area contributed by atoms with Crippen molar-refractivity contribution in [2.24, 2.45) is 0 Å². The summed E-state index contributed by atoms with van der Waals surface area (Å²) in [6.45, 7) is 6.33. The van der Waals surface area contributed by atoms with Crippen LogP contribution in [0.15, 0.2) is 0 Å². The minimum Gasteiger partial charge on any atom is -0.481 e. The molecule has 0 radical (unpaired) electrons. The number of nitrogens with zero attached hydrogens (tertiary/aromatic N) is 1. The first-order valence-electron chi connectivity index (χ1n) is 7.39. The zero-order chi connectivity index (χ0) is 15.0. The smallest absolute Gasteiger partial charge is 0.306 e. The fourth-order valence-corrected chi connectivity index (χ4v) is 2.31. The highest BCUT2D eigenvalue weighted by molar-refractivity contribution is 5.81. The SMILES string of the molecule is CCCCCNC(=O)C(C)N1CCOC(CC(=O)O)C1. The lowest BCUT2D eigenvalue weighted by Gasteiger charge is -2.35. The van der Waals surface area contributed by atoms with Crippen LogP contribution >= 0.6 is 0 Å². The van der Waals surface area contributed by atoms with E-state index in [0.29, 0.717) is 26.2 Å². The Morgan fingerprint density at radius 2 is 2.20 bits per heavy atom. The number of amides is 1. The summed E-state index contributed by atoms with van der Waals surface area (Å²) in [7, 11) is 0. The normalized spacial score (nSPS) is 21.4. The number of carbonyl (C=O) groups is 2. The first-order valence-corrected chi connectivity index (χ1v) is 7.39. The van der Waals surface area contributed by atoms with Gasteiger partial charge in [-0.15, -0.1) is 0 Å². The highest BCUT2D eigenvalue weighted by Crippen LogP contribution is 2.12. The molecule has 1 rings (SSSR count). The molecule has 1 aliphatic rings. The predicted molar refractivity (Wildman–Crippen MR) is 75.6 cm³/mol. The van der Waals surface area contributed by atoms with Crippen LogP contribution in [0.1, 0.15) is 39.5 Å². The van der Waals surface area contributed by atoms with Crippen molar-refractivity contribution in [3.63, 3.8) is 0 Å². The molecule has 1 amide bonds. The summed E-state index contributed by atoms with van der Waals surface area (Å²) < 4.78 is 5.41. The fourth-order valence-electron chi connectivity index (χ4n) is 2.31. The molecule has 0 spiro atoms. The summed E-state index contributed by atoms with van der Waals surface area (Å²) in [4.78, 5) is 24.7. The number of hydrogen-bond donors (Lipinski definition) is 2. The van der Waals surface area contributed by atoms with E-state index in [1.165, 1.54) is 0 Å². The average Bonchev–Trinajstić information content (AvgIpc) is 2.42. The number of nitrogens with one attached hydrogen (secondary N) is 1. The second-order valence-corrected chi connectivity index (χ2v) is 5.26. The molecule has 2 N–H and O–H groups in total. The van der Waals surface area contributed by atoms with Gasteiger partial charge in [0, 0.05) is 19.6 Å². The van der Waals surface area contributed by atoms with Gasteiger partial charge in [0.05, 0.1) is 25.2 Å². The van der Waals surface area contributed by atoms with E-state index in [1.807, 2.05) is 11.8 Å². The Bertz CT molecular complexity index is 322. The molecule has 2 unspecified atom stereocenters. The Hall–Kier alpha value is -1.14. The topological polar surface area (TPSA) is 78.9 Å². The Labute approximate surface area is 120 Å². The highest BCUT2D eigenvalue weighted by Gasteiger charge is 2.28. The lowest BCUT2D eigenvalue weighted by molar-refractivity contribution is -0.143. The quantitative estimate of drug-likeness (QED) is 0.647. The molecule has 0 aromatic carbocycles. The van der Waals surface area contributed by atoms with Gasteiger partial charge >= 0.3 is 5.97 Å². The van der Waals surface area contributed by atoms with Gasteiger partial charge in [0.25, 0.3) is 0 Å². The summed E-state index contributed by atoms with van der Waals surface area (Å²) >= 11 is 0. The lowest BCUT2D eigenvalue weighted by Crippen LogP contribution is -2.52. The molecule has 1 fully saturated rings. The first-order chi connectivity index (χ1) is 9.54. The number of carbonyl (C=O) groups excluding carboxylic acids is 1. The molecular weight excluding hydrogens is 260 g/mol. The number of ether oxygens (including phenoxy) is 1. The number of unbranched alkanes of at least 4 members (excludes halogenated alkanes) is 2. The third-order valence-corrected chi connectivity index (χ3v) is 3.58. The van der Waals surface area contributed by atoms with Gasteiger partial charge < -0.3 is 15.2 Å². The van der Waals surface area contributed by atoms with E-state index in [0.717, 1.165) is 19.3 Å². The van der Waals surface area contributed by atoms with Crippen molar-refractivity contribution in [2.45, 2.75) is 51.7 Å². The second kappa shape index (κ2) is 8.92. The lowest BCUT2D eigenvalue weighted by atomic mass is 10.1. The van der Waals surface area contributed by atoms with Gasteiger partial charge in [-0.3, -0.25) is 14.5 Å². The van der Waals surface area contributed by atoms with Crippen molar-refractivity contribution in [3.05, 3.63) is 0 Å². The van der Waals surface area contributed by atoms with Gasteiger partial charge in [-0.25, -0.2) is 0 Å². The molecule has 6 heteroatoms. The van der Waals surface area contributed by atoms with Crippen LogP contribution in [-0.4, -0.2) is 60.3 Å². The van der Waals surface area contributed by atoms with Crippen LogP contribution in [0.25, 0.3) is 0 Å². The van der Waals surface area contributed by atoms with E-state index in [-0.39, 0.29) is 24.5 Å². The van der Waals surface area contributed by atoms with E-state index >= 15 is 0 Å². The highest BCUT2D eigenvalue weighted by atomic mass is 16.5. The Kier molecular flexibility index (Phi) is 7.54. The van der Waals surface area contributed by atoms with E-state index in [9.17, 15) is 9.59 Å². The Morgan fingerprint density at radius 1 is 1.45 bits per heavy atom. The molecule has 0 bridgehead atoms. The van der Waals surface area contributed by atoms with Crippen LogP contribution in [0.4, 0.5) is 0 Å². The van der Waals surface area contributed by atoms with Gasteiger partial charge in [0.2, 0.25) is 5.91 Å². The molecule has 1 heterocycles. The van der Waals surface area contributed by atoms with Crippen LogP contribution in [0.3, 0.4) is 0 Å². The molecule has 20 heavy (non-hydrogen) atoms. The summed E-state index contributed by atoms with van der Waals surface area (Å²) in [6.07, 6.45) is 2.91. The third-order valence-electron chi connectivity index (χ3n) is 3.58. The van der Waals surface area contributed by atoms with Gasteiger partial charge in [0.15, 0.2) is 0 Å². The maximum absolute atomic E-state index is 12.0. The molecule has 0 aromatic heterocycles. The van der Waals surface area contributed by atoms with E-state index in [1.54, 1.807) is 0 Å². The number of morpholine rings is 1. The molecule has 1 saturated heterocycles. The Balaban J connectivity index is 2.35. The summed E-state index contributed by atoms with van der Waals surface area (Å²) in [5.74, 6) is -0.856. The number of aliphatic carboxylic acids is 1. The van der Waals surface area contributed by atoms with Crippen LogP contribution in [-0.2, 0) is 14.3 Å². The van der Waals surface area contributed by atoms with Crippen LogP contribution < -0.4 is 5.32 Å². The molecule has 0 aromatic rings. The predicted octanol–water partition coefficient (Wildman–Crippen LogP) is 0.857. The Morgan fingerprint density at radius 3 is 2.85 bits per heavy atom. The van der Waals surface area contributed by atoms with E-state index in [2.05, 4.69) is 12.2 Å². The van der Waals surface area contributed by atoms with Crippen molar-refractivity contribution in [3.8, 4) is 0 Å². The molecule has 0 aliphatic carbocycles. The zero-order valence-corrected chi connectivity index (χ0v) is 12.4. The van der Waals surface area contributed by atoms with Crippen LogP contribution in [0, 0.1) is 0 Å².